The van der Waals surface area contributed by atoms with Crippen LogP contribution in [0.25, 0.3) is 10.2 Å². The smallest absolute Gasteiger partial charge is 0.263 e. The van der Waals surface area contributed by atoms with Crippen molar-refractivity contribution in [3.63, 3.8) is 0 Å². The normalized spacial score (nSPS) is 10.7. The molecule has 1 N–H and O–H groups in total. The summed E-state index contributed by atoms with van der Waals surface area (Å²) in [5, 5.41) is 2.57. The fourth-order valence-corrected chi connectivity index (χ4v) is 2.48. The van der Waals surface area contributed by atoms with E-state index in [1.54, 1.807) is 0 Å². The van der Waals surface area contributed by atoms with Gasteiger partial charge in [0.15, 0.2) is 4.77 Å². The molecule has 5 heteroatoms. The number of thiophene rings is 1. The van der Waals surface area contributed by atoms with Crippen molar-refractivity contribution < 1.29 is 0 Å². The van der Waals surface area contributed by atoms with Gasteiger partial charge in [-0.25, -0.2) is 0 Å². The van der Waals surface area contributed by atoms with Crippen molar-refractivity contribution in [1.29, 1.82) is 0 Å². The monoisotopic (exact) mass is 238 g/mol. The summed E-state index contributed by atoms with van der Waals surface area (Å²) in [6, 6.07) is 1.81. The number of aromatic amines is 1. The van der Waals surface area contributed by atoms with Crippen molar-refractivity contribution >= 4 is 33.8 Å². The molecule has 0 bridgehead atoms. The number of nitrogens with one attached hydrogen (secondary N) is 1. The summed E-state index contributed by atoms with van der Waals surface area (Å²) in [6.07, 6.45) is 0. The predicted octanol–water partition coefficient (Wildman–Crippen LogP) is 2.70. The summed E-state index contributed by atoms with van der Waals surface area (Å²) in [7, 11) is 0. The molecule has 0 amide bonds. The van der Waals surface area contributed by atoms with Gasteiger partial charge in [-0.3, -0.25) is 9.36 Å². The average Bonchev–Trinajstić information content (AvgIpc) is 2.59. The van der Waals surface area contributed by atoms with E-state index in [9.17, 15) is 4.79 Å². The third-order valence-corrected chi connectivity index (χ3v) is 3.19. The van der Waals surface area contributed by atoms with Crippen molar-refractivity contribution in [3.8, 4) is 0 Å². The Hall–Kier alpha value is -1.20. The van der Waals surface area contributed by atoms with E-state index < -0.39 is 0 Å². The van der Waals surface area contributed by atoms with Gasteiger partial charge in [0.05, 0.1) is 5.39 Å². The second-order valence-electron chi connectivity index (χ2n) is 3.44. The number of nitrogens with zero attached hydrogens (tertiary/aromatic N) is 1. The molecule has 0 aliphatic rings. The zero-order chi connectivity index (χ0) is 11.0. The highest BCUT2D eigenvalue weighted by Gasteiger charge is 2.05. The van der Waals surface area contributed by atoms with Crippen LogP contribution in [0.4, 0.5) is 0 Å². The van der Waals surface area contributed by atoms with Crippen LogP contribution in [0.2, 0.25) is 0 Å². The Morgan fingerprint density at radius 3 is 3.13 bits per heavy atom. The first-order chi connectivity index (χ1) is 7.09. The minimum absolute atomic E-state index is 0.0435. The summed E-state index contributed by atoms with van der Waals surface area (Å²) >= 11 is 6.61. The molecule has 2 aromatic rings. The lowest BCUT2D eigenvalue weighted by molar-refractivity contribution is 0.726. The van der Waals surface area contributed by atoms with E-state index >= 15 is 0 Å². The number of rotatable bonds is 2. The summed E-state index contributed by atoms with van der Waals surface area (Å²) in [6.45, 7) is 6.13. The van der Waals surface area contributed by atoms with Crippen LogP contribution < -0.4 is 5.56 Å². The van der Waals surface area contributed by atoms with E-state index in [2.05, 4.69) is 11.6 Å². The van der Waals surface area contributed by atoms with Crippen molar-refractivity contribution in [1.82, 2.24) is 9.55 Å². The molecule has 2 rings (SSSR count). The van der Waals surface area contributed by atoms with E-state index in [1.807, 2.05) is 18.4 Å². The van der Waals surface area contributed by atoms with Crippen molar-refractivity contribution in [2.75, 3.05) is 0 Å². The Bertz CT molecular complexity index is 633. The Morgan fingerprint density at radius 2 is 2.47 bits per heavy atom. The molecule has 0 radical (unpaired) electrons. The largest absolute Gasteiger partial charge is 0.323 e. The van der Waals surface area contributed by atoms with E-state index in [1.165, 1.54) is 15.9 Å². The Labute approximate surface area is 95.7 Å². The number of hydrogen-bond acceptors (Lipinski definition) is 3. The van der Waals surface area contributed by atoms with Crippen molar-refractivity contribution in [3.05, 3.63) is 38.7 Å². The number of allylic oxidation sites excluding steroid dienone is 1. The highest BCUT2D eigenvalue weighted by Crippen LogP contribution is 2.14. The molecule has 2 heterocycles. The lowest BCUT2D eigenvalue weighted by Gasteiger charge is -2.05. The van der Waals surface area contributed by atoms with E-state index in [0.29, 0.717) is 16.7 Å². The number of H-pyrrole nitrogens is 1. The van der Waals surface area contributed by atoms with E-state index in [-0.39, 0.29) is 5.56 Å². The van der Waals surface area contributed by atoms with Gasteiger partial charge in [0.25, 0.3) is 5.56 Å². The maximum absolute atomic E-state index is 12.0. The molecule has 0 unspecified atom stereocenters. The summed E-state index contributed by atoms with van der Waals surface area (Å²) in [5.74, 6) is 0. The molecule has 15 heavy (non-hydrogen) atoms. The van der Waals surface area contributed by atoms with Crippen molar-refractivity contribution in [2.45, 2.75) is 13.5 Å². The number of aromatic nitrogens is 2. The Balaban J connectivity index is 2.78. The predicted molar refractivity (Wildman–Crippen MR) is 66.1 cm³/mol. The van der Waals surface area contributed by atoms with E-state index in [4.69, 9.17) is 12.2 Å². The van der Waals surface area contributed by atoms with Gasteiger partial charge in [-0.15, -0.1) is 11.3 Å². The number of fused-ring (bicyclic) bond motifs is 1. The minimum Gasteiger partial charge on any atom is -0.323 e. The van der Waals surface area contributed by atoms with Crippen LogP contribution in [0.5, 0.6) is 0 Å². The maximum atomic E-state index is 12.0. The van der Waals surface area contributed by atoms with Crippen LogP contribution in [-0.2, 0) is 6.54 Å². The van der Waals surface area contributed by atoms with Crippen LogP contribution in [0.15, 0.2) is 28.4 Å². The van der Waals surface area contributed by atoms with Gasteiger partial charge in [-0.1, -0.05) is 12.2 Å². The lowest BCUT2D eigenvalue weighted by atomic mass is 10.3. The Morgan fingerprint density at radius 1 is 1.73 bits per heavy atom. The first kappa shape index (κ1) is 10.3. The molecule has 78 valence electrons. The molecule has 0 fully saturated rings. The average molecular weight is 238 g/mol. The summed E-state index contributed by atoms with van der Waals surface area (Å²) in [4.78, 5) is 15.9. The van der Waals surface area contributed by atoms with Gasteiger partial charge in [-0.2, -0.15) is 0 Å². The minimum atomic E-state index is -0.0435. The van der Waals surface area contributed by atoms with Crippen LogP contribution in [0.3, 0.4) is 0 Å². The molecule has 0 aromatic carbocycles. The molecule has 0 saturated heterocycles. The molecule has 3 nitrogen and oxygen atoms in total. The molecule has 0 saturated carbocycles. The van der Waals surface area contributed by atoms with Crippen LogP contribution in [0.1, 0.15) is 6.92 Å². The molecule has 0 aliphatic heterocycles. The maximum Gasteiger partial charge on any atom is 0.263 e. The third kappa shape index (κ3) is 1.80. The van der Waals surface area contributed by atoms with Crippen LogP contribution in [-0.4, -0.2) is 9.55 Å². The molecular formula is C10H10N2OS2. The SMILES string of the molecule is C=C(C)Cn1c(=S)[nH]c2sccc2c1=O. The van der Waals surface area contributed by atoms with Gasteiger partial charge >= 0.3 is 0 Å². The third-order valence-electron chi connectivity index (χ3n) is 2.03. The van der Waals surface area contributed by atoms with Gasteiger partial charge in [0, 0.05) is 6.54 Å². The second kappa shape index (κ2) is 3.75. The summed E-state index contributed by atoms with van der Waals surface area (Å²) in [5.41, 5.74) is 0.865. The fourth-order valence-electron chi connectivity index (χ4n) is 1.39. The zero-order valence-electron chi connectivity index (χ0n) is 8.24. The highest BCUT2D eigenvalue weighted by atomic mass is 32.1. The van der Waals surface area contributed by atoms with Crippen LogP contribution in [0, 0.1) is 4.77 Å². The highest BCUT2D eigenvalue weighted by molar-refractivity contribution is 7.71. The molecule has 0 spiro atoms. The van der Waals surface area contributed by atoms with Crippen LogP contribution >= 0.6 is 23.6 Å². The van der Waals surface area contributed by atoms with E-state index in [0.717, 1.165) is 10.4 Å². The van der Waals surface area contributed by atoms with Gasteiger partial charge in [-0.05, 0) is 30.6 Å². The van der Waals surface area contributed by atoms with Crippen molar-refractivity contribution in [2.24, 2.45) is 0 Å². The summed E-state index contributed by atoms with van der Waals surface area (Å²) < 4.78 is 1.99. The lowest BCUT2D eigenvalue weighted by Crippen LogP contribution is -2.21. The molecular weight excluding hydrogens is 228 g/mol. The van der Waals surface area contributed by atoms with Gasteiger partial charge in [0.2, 0.25) is 0 Å². The Kier molecular flexibility index (Phi) is 2.58. The standard InChI is InChI=1S/C10H10N2OS2/c1-6(2)5-12-9(13)7-3-4-15-8(7)11-10(12)14/h3-4H,1,5H2,2H3,(H,11,14). The zero-order valence-corrected chi connectivity index (χ0v) is 9.87. The molecule has 0 aliphatic carbocycles. The fraction of sp³-hybridized carbons (Fsp3) is 0.200. The van der Waals surface area contributed by atoms with Gasteiger partial charge < -0.3 is 4.98 Å². The number of hydrogen-bond donors (Lipinski definition) is 1. The van der Waals surface area contributed by atoms with Gasteiger partial charge in [0.1, 0.15) is 4.83 Å². The first-order valence-corrected chi connectivity index (χ1v) is 5.73. The second-order valence-corrected chi connectivity index (χ2v) is 4.74. The molecule has 0 atom stereocenters. The quantitative estimate of drug-likeness (QED) is 0.645. The topological polar surface area (TPSA) is 37.8 Å². The molecule has 2 aromatic heterocycles. The first-order valence-electron chi connectivity index (χ1n) is 4.44.